The second-order valence-electron chi connectivity index (χ2n) is 7.93. The number of sulfonamides is 1. The van der Waals surface area contributed by atoms with Crippen LogP contribution in [0.2, 0.25) is 0 Å². The molecule has 10 heteroatoms. The summed E-state index contributed by atoms with van der Waals surface area (Å²) in [6, 6.07) is 8.92. The molecule has 0 radical (unpaired) electrons. The lowest BCUT2D eigenvalue weighted by molar-refractivity contribution is -0.137. The summed E-state index contributed by atoms with van der Waals surface area (Å²) >= 11 is 0. The topological polar surface area (TPSA) is 91.9 Å². The number of nitrogens with zero attached hydrogens (tertiary/aromatic N) is 1. The molecule has 0 bridgehead atoms. The average molecular weight is 478 g/mol. The van der Waals surface area contributed by atoms with Crippen LogP contribution >= 0.6 is 0 Å². The molecular weight excluding hydrogens is 455 g/mol. The summed E-state index contributed by atoms with van der Waals surface area (Å²) in [5.41, 5.74) is 1.65. The first-order valence-corrected chi connectivity index (χ1v) is 12.0. The predicted octanol–water partition coefficient (Wildman–Crippen LogP) is 4.70. The van der Waals surface area contributed by atoms with Crippen LogP contribution in [0.3, 0.4) is 0 Å². The number of hydrogen-bond acceptors (Lipinski definition) is 4. The van der Waals surface area contributed by atoms with Crippen LogP contribution in [0, 0.1) is 0 Å². The van der Waals surface area contributed by atoms with Crippen molar-refractivity contribution in [2.24, 2.45) is 0 Å². The van der Waals surface area contributed by atoms with Gasteiger partial charge in [0, 0.05) is 16.8 Å². The molecule has 6 nitrogen and oxygen atoms in total. The highest BCUT2D eigenvalue weighted by atomic mass is 32.2. The summed E-state index contributed by atoms with van der Waals surface area (Å²) in [6.07, 6.45) is -1.09. The molecule has 0 unspecified atom stereocenters. The SMILES string of the molecule is CCc1ccc(-c2n[nH]c(=O)c3c2CCCC3)cc1S(=O)(=O)Nc1cccc(C(F)(F)F)c1. The third kappa shape index (κ3) is 4.66. The van der Waals surface area contributed by atoms with Crippen molar-refractivity contribution in [2.45, 2.75) is 50.1 Å². The van der Waals surface area contributed by atoms with Gasteiger partial charge in [0.2, 0.25) is 0 Å². The Morgan fingerprint density at radius 2 is 1.79 bits per heavy atom. The maximum Gasteiger partial charge on any atom is 0.416 e. The van der Waals surface area contributed by atoms with E-state index in [0.717, 1.165) is 36.6 Å². The van der Waals surface area contributed by atoms with E-state index < -0.39 is 21.8 Å². The van der Waals surface area contributed by atoms with Gasteiger partial charge in [-0.15, -0.1) is 0 Å². The van der Waals surface area contributed by atoms with Crippen molar-refractivity contribution in [3.05, 3.63) is 75.1 Å². The number of H-pyrrole nitrogens is 1. The van der Waals surface area contributed by atoms with Crippen molar-refractivity contribution in [3.63, 3.8) is 0 Å². The molecule has 0 fully saturated rings. The highest BCUT2D eigenvalue weighted by Gasteiger charge is 2.31. The van der Waals surface area contributed by atoms with Gasteiger partial charge in [-0.1, -0.05) is 25.1 Å². The largest absolute Gasteiger partial charge is 0.416 e. The first-order chi connectivity index (χ1) is 15.6. The van der Waals surface area contributed by atoms with E-state index in [2.05, 4.69) is 14.9 Å². The lowest BCUT2D eigenvalue weighted by Crippen LogP contribution is -2.21. The molecule has 0 aliphatic heterocycles. The third-order valence-electron chi connectivity index (χ3n) is 5.75. The Labute approximate surface area is 188 Å². The summed E-state index contributed by atoms with van der Waals surface area (Å²) < 4.78 is 67.8. The first-order valence-electron chi connectivity index (χ1n) is 10.5. The molecule has 0 atom stereocenters. The molecule has 4 rings (SSSR count). The maximum atomic E-state index is 13.2. The Morgan fingerprint density at radius 3 is 2.48 bits per heavy atom. The normalized spacial score (nSPS) is 14.1. The van der Waals surface area contributed by atoms with E-state index >= 15 is 0 Å². The van der Waals surface area contributed by atoms with Gasteiger partial charge in [-0.05, 0) is 67.5 Å². The van der Waals surface area contributed by atoms with Crippen molar-refractivity contribution in [2.75, 3.05) is 4.72 Å². The van der Waals surface area contributed by atoms with E-state index in [1.54, 1.807) is 19.1 Å². The molecule has 2 aromatic carbocycles. The predicted molar refractivity (Wildman–Crippen MR) is 119 cm³/mol. The minimum Gasteiger partial charge on any atom is -0.280 e. The molecule has 1 aliphatic carbocycles. The Kier molecular flexibility index (Phi) is 6.04. The molecule has 1 heterocycles. The lowest BCUT2D eigenvalue weighted by atomic mass is 9.89. The Hall–Kier alpha value is -3.14. The fourth-order valence-electron chi connectivity index (χ4n) is 4.11. The standard InChI is InChI=1S/C23H22F3N3O3S/c1-2-14-10-11-15(21-18-8-3-4-9-19(18)22(30)28-27-21)12-20(14)33(31,32)29-17-7-5-6-16(13-17)23(24,25)26/h5-7,10-13,29H,2-4,8-9H2,1H3,(H,28,30). The molecule has 0 saturated heterocycles. The van der Waals surface area contributed by atoms with Crippen molar-refractivity contribution < 1.29 is 21.6 Å². The number of aryl methyl sites for hydroxylation is 1. The smallest absolute Gasteiger partial charge is 0.280 e. The van der Waals surface area contributed by atoms with Gasteiger partial charge in [0.15, 0.2) is 0 Å². The zero-order valence-corrected chi connectivity index (χ0v) is 18.6. The molecule has 1 aliphatic rings. The van der Waals surface area contributed by atoms with Gasteiger partial charge in [0.1, 0.15) is 0 Å². The van der Waals surface area contributed by atoms with Gasteiger partial charge in [-0.2, -0.15) is 18.3 Å². The van der Waals surface area contributed by atoms with Crippen LogP contribution in [0.4, 0.5) is 18.9 Å². The van der Waals surface area contributed by atoms with Crippen LogP contribution in [0.15, 0.2) is 52.2 Å². The number of nitrogens with one attached hydrogen (secondary N) is 2. The van der Waals surface area contributed by atoms with E-state index in [1.165, 1.54) is 12.1 Å². The van der Waals surface area contributed by atoms with E-state index in [-0.39, 0.29) is 16.1 Å². The van der Waals surface area contributed by atoms with Crippen LogP contribution < -0.4 is 10.3 Å². The zero-order chi connectivity index (χ0) is 23.8. The zero-order valence-electron chi connectivity index (χ0n) is 17.8. The summed E-state index contributed by atoms with van der Waals surface area (Å²) in [5.74, 6) is 0. The molecule has 0 saturated carbocycles. The summed E-state index contributed by atoms with van der Waals surface area (Å²) in [7, 11) is -4.20. The van der Waals surface area contributed by atoms with Crippen LogP contribution in [0.1, 0.15) is 42.0 Å². The number of anilines is 1. The fourth-order valence-corrected chi connectivity index (χ4v) is 5.50. The first kappa shape index (κ1) is 23.0. The summed E-state index contributed by atoms with van der Waals surface area (Å²) in [6.45, 7) is 1.79. The van der Waals surface area contributed by atoms with Gasteiger partial charge in [-0.3, -0.25) is 9.52 Å². The van der Waals surface area contributed by atoms with Crippen molar-refractivity contribution in [1.82, 2.24) is 10.2 Å². The van der Waals surface area contributed by atoms with E-state index in [9.17, 15) is 26.4 Å². The number of halogens is 3. The molecule has 174 valence electrons. The van der Waals surface area contributed by atoms with Crippen molar-refractivity contribution >= 4 is 15.7 Å². The number of rotatable bonds is 5. The molecule has 2 N–H and O–H groups in total. The van der Waals surface area contributed by atoms with Gasteiger partial charge >= 0.3 is 6.18 Å². The number of aromatic amines is 1. The van der Waals surface area contributed by atoms with Crippen molar-refractivity contribution in [1.29, 1.82) is 0 Å². The molecule has 3 aromatic rings. The minimum atomic E-state index is -4.59. The number of fused-ring (bicyclic) bond motifs is 1. The molecule has 33 heavy (non-hydrogen) atoms. The quantitative estimate of drug-likeness (QED) is 0.557. The third-order valence-corrected chi connectivity index (χ3v) is 7.21. The fraction of sp³-hybridized carbons (Fsp3) is 0.304. The van der Waals surface area contributed by atoms with Crippen LogP contribution in [-0.4, -0.2) is 18.6 Å². The second-order valence-corrected chi connectivity index (χ2v) is 9.58. The van der Waals surface area contributed by atoms with E-state index in [4.69, 9.17) is 0 Å². The van der Waals surface area contributed by atoms with Crippen LogP contribution in [0.5, 0.6) is 0 Å². The summed E-state index contributed by atoms with van der Waals surface area (Å²) in [4.78, 5) is 12.1. The van der Waals surface area contributed by atoms with E-state index in [0.29, 0.717) is 41.6 Å². The molecule has 1 aromatic heterocycles. The molecule has 0 amide bonds. The van der Waals surface area contributed by atoms with Crippen molar-refractivity contribution in [3.8, 4) is 11.3 Å². The van der Waals surface area contributed by atoms with Crippen LogP contribution in [0.25, 0.3) is 11.3 Å². The monoisotopic (exact) mass is 477 g/mol. The Morgan fingerprint density at radius 1 is 1.06 bits per heavy atom. The Bertz CT molecular complexity index is 1370. The van der Waals surface area contributed by atoms with Gasteiger partial charge < -0.3 is 0 Å². The molecule has 0 spiro atoms. The van der Waals surface area contributed by atoms with E-state index in [1.807, 2.05) is 0 Å². The molecular formula is C23H22F3N3O3S. The lowest BCUT2D eigenvalue weighted by Gasteiger charge is -2.18. The van der Waals surface area contributed by atoms with Gasteiger partial charge in [0.25, 0.3) is 15.6 Å². The minimum absolute atomic E-state index is 0.0440. The summed E-state index contributed by atoms with van der Waals surface area (Å²) in [5, 5.41) is 6.68. The number of aromatic nitrogens is 2. The number of alkyl halides is 3. The highest BCUT2D eigenvalue weighted by Crippen LogP contribution is 2.33. The van der Waals surface area contributed by atoms with Crippen LogP contribution in [-0.2, 0) is 35.5 Å². The average Bonchev–Trinajstić information content (AvgIpc) is 2.78. The number of hydrogen-bond donors (Lipinski definition) is 2. The van der Waals surface area contributed by atoms with Gasteiger partial charge in [0.05, 0.1) is 16.2 Å². The van der Waals surface area contributed by atoms with Gasteiger partial charge in [-0.25, -0.2) is 13.5 Å². The second kappa shape index (κ2) is 8.66. The number of benzene rings is 2. The highest BCUT2D eigenvalue weighted by molar-refractivity contribution is 7.92. The Balaban J connectivity index is 1.78. The maximum absolute atomic E-state index is 13.2.